The summed E-state index contributed by atoms with van der Waals surface area (Å²) in [4.78, 5) is 18.5. The Morgan fingerprint density at radius 2 is 1.84 bits per heavy atom. The molecule has 0 radical (unpaired) electrons. The molecule has 10 heteroatoms. The Morgan fingerprint density at radius 3 is 2.61 bits per heavy atom. The van der Waals surface area contributed by atoms with Gasteiger partial charge in [-0.25, -0.2) is 0 Å². The summed E-state index contributed by atoms with van der Waals surface area (Å²) in [6.07, 6.45) is -4.19. The topological polar surface area (TPSA) is 77.7 Å². The molecule has 1 saturated heterocycles. The number of carbonyl (C=O) groups is 1. The number of likely N-dealkylation sites (tertiary alicyclic amines) is 1. The van der Waals surface area contributed by atoms with E-state index in [1.807, 2.05) is 18.2 Å². The van der Waals surface area contributed by atoms with Crippen LogP contribution in [0.3, 0.4) is 0 Å². The van der Waals surface area contributed by atoms with Crippen molar-refractivity contribution in [2.45, 2.75) is 25.1 Å². The molecule has 1 fully saturated rings. The van der Waals surface area contributed by atoms with Gasteiger partial charge in [-0.1, -0.05) is 23.4 Å². The largest absolute Gasteiger partial charge is 0.454 e. The second kappa shape index (κ2) is 7.29. The SMILES string of the molecule is O=C1CC(c2nc(-c3ccc(C(F)(F)F)cc3)no2)CN1Cc1ccc2c(c1)OCO2. The molecule has 1 unspecified atom stereocenters. The molecule has 2 aliphatic heterocycles. The minimum atomic E-state index is -4.41. The predicted molar refractivity (Wildman–Crippen MR) is 100 cm³/mol. The van der Waals surface area contributed by atoms with Crippen LogP contribution < -0.4 is 9.47 Å². The van der Waals surface area contributed by atoms with Gasteiger partial charge in [0.05, 0.1) is 11.5 Å². The van der Waals surface area contributed by atoms with Gasteiger partial charge in [-0.3, -0.25) is 4.79 Å². The second-order valence-electron chi connectivity index (χ2n) is 7.39. The molecule has 0 saturated carbocycles. The number of halogens is 3. The molecule has 1 aromatic heterocycles. The van der Waals surface area contributed by atoms with Crippen LogP contribution >= 0.6 is 0 Å². The number of hydrogen-bond acceptors (Lipinski definition) is 6. The highest BCUT2D eigenvalue weighted by atomic mass is 19.4. The van der Waals surface area contributed by atoms with Gasteiger partial charge in [-0.2, -0.15) is 18.2 Å². The summed E-state index contributed by atoms with van der Waals surface area (Å²) in [7, 11) is 0. The van der Waals surface area contributed by atoms with Gasteiger partial charge in [0.1, 0.15) is 0 Å². The van der Waals surface area contributed by atoms with Crippen molar-refractivity contribution in [2.24, 2.45) is 0 Å². The molecule has 160 valence electrons. The van der Waals surface area contributed by atoms with Crippen molar-refractivity contribution < 1.29 is 32.0 Å². The molecule has 5 rings (SSSR count). The van der Waals surface area contributed by atoms with Crippen molar-refractivity contribution in [1.29, 1.82) is 0 Å². The standard InChI is InChI=1S/C21H16F3N3O4/c22-21(23,24)15-4-2-13(3-5-15)19-25-20(31-26-19)14-8-18(28)27(10-14)9-12-1-6-16-17(7-12)30-11-29-16/h1-7,14H,8-11H2. The molecule has 3 aromatic rings. The highest BCUT2D eigenvalue weighted by molar-refractivity contribution is 5.79. The van der Waals surface area contributed by atoms with E-state index in [-0.39, 0.29) is 36.8 Å². The van der Waals surface area contributed by atoms with Gasteiger partial charge in [-0.15, -0.1) is 0 Å². The van der Waals surface area contributed by atoms with E-state index in [2.05, 4.69) is 10.1 Å². The number of rotatable bonds is 4. The molecule has 1 atom stereocenters. The summed E-state index contributed by atoms with van der Waals surface area (Å²) in [5, 5.41) is 3.87. The molecule has 0 aliphatic carbocycles. The first-order valence-electron chi connectivity index (χ1n) is 9.54. The average molecular weight is 431 g/mol. The average Bonchev–Trinajstić information content (AvgIpc) is 3.47. The lowest BCUT2D eigenvalue weighted by Crippen LogP contribution is -2.24. The third-order valence-corrected chi connectivity index (χ3v) is 5.29. The van der Waals surface area contributed by atoms with Crippen molar-refractivity contribution in [3.63, 3.8) is 0 Å². The number of ether oxygens (including phenoxy) is 2. The summed E-state index contributed by atoms with van der Waals surface area (Å²) in [6.45, 7) is 0.996. The quantitative estimate of drug-likeness (QED) is 0.622. The Labute approximate surface area is 174 Å². The molecule has 0 N–H and O–H groups in total. The van der Waals surface area contributed by atoms with Gasteiger partial charge < -0.3 is 18.9 Å². The lowest BCUT2D eigenvalue weighted by atomic mass is 10.1. The number of nitrogens with zero attached hydrogens (tertiary/aromatic N) is 3. The maximum absolute atomic E-state index is 12.7. The molecular weight excluding hydrogens is 415 g/mol. The molecule has 0 bridgehead atoms. The number of benzene rings is 2. The van der Waals surface area contributed by atoms with Crippen molar-refractivity contribution in [3.8, 4) is 22.9 Å². The van der Waals surface area contributed by atoms with Gasteiger partial charge in [0.15, 0.2) is 11.5 Å². The smallest absolute Gasteiger partial charge is 0.416 e. The monoisotopic (exact) mass is 431 g/mol. The Bertz CT molecular complexity index is 1130. The van der Waals surface area contributed by atoms with Crippen LogP contribution in [0.2, 0.25) is 0 Å². The fourth-order valence-electron chi connectivity index (χ4n) is 3.68. The first-order chi connectivity index (χ1) is 14.9. The molecule has 31 heavy (non-hydrogen) atoms. The predicted octanol–water partition coefficient (Wildman–Crippen LogP) is 4.00. The number of amides is 1. The molecular formula is C21H16F3N3O4. The van der Waals surface area contributed by atoms with Gasteiger partial charge in [0.2, 0.25) is 24.4 Å². The van der Waals surface area contributed by atoms with Crippen molar-refractivity contribution in [2.75, 3.05) is 13.3 Å². The van der Waals surface area contributed by atoms with E-state index in [1.165, 1.54) is 12.1 Å². The van der Waals surface area contributed by atoms with Gasteiger partial charge >= 0.3 is 6.18 Å². The van der Waals surface area contributed by atoms with E-state index in [0.717, 1.165) is 17.7 Å². The maximum Gasteiger partial charge on any atom is 0.416 e. The minimum absolute atomic E-state index is 0.0445. The Kier molecular flexibility index (Phi) is 4.57. The lowest BCUT2D eigenvalue weighted by molar-refractivity contribution is -0.137. The van der Waals surface area contributed by atoms with Crippen molar-refractivity contribution in [1.82, 2.24) is 15.0 Å². The van der Waals surface area contributed by atoms with Crippen LogP contribution in [0, 0.1) is 0 Å². The molecule has 2 aromatic carbocycles. The minimum Gasteiger partial charge on any atom is -0.454 e. The Hall–Kier alpha value is -3.56. The fourth-order valence-corrected chi connectivity index (χ4v) is 3.68. The second-order valence-corrected chi connectivity index (χ2v) is 7.39. The van der Waals surface area contributed by atoms with E-state index >= 15 is 0 Å². The van der Waals surface area contributed by atoms with E-state index < -0.39 is 11.7 Å². The number of fused-ring (bicyclic) bond motifs is 1. The molecule has 3 heterocycles. The summed E-state index contributed by atoms with van der Waals surface area (Å²) >= 11 is 0. The first-order valence-corrected chi connectivity index (χ1v) is 9.54. The summed E-state index contributed by atoms with van der Waals surface area (Å²) < 4.78 is 54.2. The maximum atomic E-state index is 12.7. The molecule has 1 amide bonds. The van der Waals surface area contributed by atoms with Crippen LogP contribution in [0.15, 0.2) is 47.0 Å². The van der Waals surface area contributed by atoms with Crippen LogP contribution in [0.5, 0.6) is 11.5 Å². The third-order valence-electron chi connectivity index (χ3n) is 5.29. The zero-order chi connectivity index (χ0) is 21.6. The fraction of sp³-hybridized carbons (Fsp3) is 0.286. The zero-order valence-electron chi connectivity index (χ0n) is 16.1. The van der Waals surface area contributed by atoms with E-state index in [4.69, 9.17) is 14.0 Å². The lowest BCUT2D eigenvalue weighted by Gasteiger charge is -2.16. The highest BCUT2D eigenvalue weighted by Crippen LogP contribution is 2.35. The summed E-state index contributed by atoms with van der Waals surface area (Å²) in [5.74, 6) is 1.48. The first kappa shape index (κ1) is 19.4. The normalized spacial score (nSPS) is 18.1. The third kappa shape index (κ3) is 3.80. The van der Waals surface area contributed by atoms with Gasteiger partial charge in [-0.05, 0) is 29.8 Å². The van der Waals surface area contributed by atoms with Crippen LogP contribution in [0.4, 0.5) is 13.2 Å². The van der Waals surface area contributed by atoms with Crippen molar-refractivity contribution >= 4 is 5.91 Å². The van der Waals surface area contributed by atoms with Crippen molar-refractivity contribution in [3.05, 3.63) is 59.5 Å². The van der Waals surface area contributed by atoms with E-state index in [1.54, 1.807) is 4.90 Å². The van der Waals surface area contributed by atoms with Crippen LogP contribution in [0.1, 0.15) is 29.4 Å². The number of carbonyl (C=O) groups excluding carboxylic acids is 1. The van der Waals surface area contributed by atoms with Crippen LogP contribution in [-0.4, -0.2) is 34.3 Å². The van der Waals surface area contributed by atoms with Crippen LogP contribution in [0.25, 0.3) is 11.4 Å². The van der Waals surface area contributed by atoms with E-state index in [0.29, 0.717) is 30.2 Å². The summed E-state index contributed by atoms with van der Waals surface area (Å²) in [6, 6.07) is 10.1. The molecule has 7 nitrogen and oxygen atoms in total. The number of aromatic nitrogens is 2. The summed E-state index contributed by atoms with van der Waals surface area (Å²) in [5.41, 5.74) is 0.569. The van der Waals surface area contributed by atoms with Gasteiger partial charge in [0, 0.05) is 25.1 Å². The van der Waals surface area contributed by atoms with Gasteiger partial charge in [0.25, 0.3) is 0 Å². The Balaban J connectivity index is 1.28. The Morgan fingerprint density at radius 1 is 1.06 bits per heavy atom. The van der Waals surface area contributed by atoms with Crippen LogP contribution in [-0.2, 0) is 17.5 Å². The van der Waals surface area contributed by atoms with E-state index in [9.17, 15) is 18.0 Å². The number of alkyl halides is 3. The number of hydrogen-bond donors (Lipinski definition) is 0. The molecule has 2 aliphatic rings. The zero-order valence-corrected chi connectivity index (χ0v) is 16.1. The molecule has 0 spiro atoms. The highest BCUT2D eigenvalue weighted by Gasteiger charge is 2.35.